The molecule has 0 unspecified atom stereocenters. The summed E-state index contributed by atoms with van der Waals surface area (Å²) in [5, 5.41) is 4.39. The molecule has 0 fully saturated rings. The van der Waals surface area contributed by atoms with Crippen molar-refractivity contribution >= 4 is 16.5 Å². The van der Waals surface area contributed by atoms with E-state index < -0.39 is 0 Å². The van der Waals surface area contributed by atoms with Gasteiger partial charge in [0.2, 0.25) is 0 Å². The molecule has 13 heavy (non-hydrogen) atoms. The zero-order chi connectivity index (χ0) is 9.68. The van der Waals surface area contributed by atoms with Crippen molar-refractivity contribution in [2.45, 2.75) is 20.4 Å². The Morgan fingerprint density at radius 3 is 2.92 bits per heavy atom. The zero-order valence-electron chi connectivity index (χ0n) is 8.50. The van der Waals surface area contributed by atoms with E-state index in [0.717, 1.165) is 24.8 Å². The van der Waals surface area contributed by atoms with Crippen molar-refractivity contribution in [1.29, 1.82) is 0 Å². The van der Waals surface area contributed by atoms with Gasteiger partial charge in [0.15, 0.2) is 5.13 Å². The average molecular weight is 199 g/mol. The van der Waals surface area contributed by atoms with Crippen molar-refractivity contribution in [2.75, 3.05) is 25.0 Å². The van der Waals surface area contributed by atoms with Gasteiger partial charge in [0, 0.05) is 31.2 Å². The summed E-state index contributed by atoms with van der Waals surface area (Å²) >= 11 is 1.76. The van der Waals surface area contributed by atoms with Crippen LogP contribution in [0.15, 0.2) is 6.20 Å². The van der Waals surface area contributed by atoms with E-state index in [1.165, 1.54) is 4.88 Å². The Kier molecular flexibility index (Phi) is 4.18. The van der Waals surface area contributed by atoms with Gasteiger partial charge in [-0.05, 0) is 13.5 Å². The van der Waals surface area contributed by atoms with Gasteiger partial charge in [-0.3, -0.25) is 0 Å². The molecule has 0 amide bonds. The van der Waals surface area contributed by atoms with Crippen molar-refractivity contribution in [3.05, 3.63) is 11.1 Å². The first kappa shape index (κ1) is 10.5. The second-order valence-corrected chi connectivity index (χ2v) is 4.00. The molecule has 1 rings (SSSR count). The molecule has 1 aromatic rings. The number of hydrogen-bond donors (Lipinski definition) is 1. The number of hydrogen-bond acceptors (Lipinski definition) is 4. The van der Waals surface area contributed by atoms with E-state index in [4.69, 9.17) is 0 Å². The van der Waals surface area contributed by atoms with Crippen molar-refractivity contribution in [1.82, 2.24) is 10.3 Å². The highest BCUT2D eigenvalue weighted by molar-refractivity contribution is 7.15. The minimum absolute atomic E-state index is 0.936. The van der Waals surface area contributed by atoms with Crippen LogP contribution in [0, 0.1) is 0 Å². The summed E-state index contributed by atoms with van der Waals surface area (Å²) in [6, 6.07) is 0. The molecule has 0 spiro atoms. The van der Waals surface area contributed by atoms with Crippen LogP contribution in [0.25, 0.3) is 0 Å². The molecule has 0 aromatic carbocycles. The van der Waals surface area contributed by atoms with E-state index in [9.17, 15) is 0 Å². The molecule has 3 nitrogen and oxygen atoms in total. The molecule has 0 saturated heterocycles. The van der Waals surface area contributed by atoms with Crippen LogP contribution in [0.2, 0.25) is 0 Å². The van der Waals surface area contributed by atoms with Gasteiger partial charge in [-0.1, -0.05) is 6.92 Å². The van der Waals surface area contributed by atoms with E-state index in [1.807, 2.05) is 6.20 Å². The van der Waals surface area contributed by atoms with Gasteiger partial charge < -0.3 is 10.2 Å². The maximum absolute atomic E-state index is 4.34. The molecule has 0 bridgehead atoms. The van der Waals surface area contributed by atoms with Crippen LogP contribution in [0.3, 0.4) is 0 Å². The second kappa shape index (κ2) is 5.19. The van der Waals surface area contributed by atoms with Crippen LogP contribution in [-0.2, 0) is 6.54 Å². The zero-order valence-corrected chi connectivity index (χ0v) is 9.32. The fourth-order valence-electron chi connectivity index (χ4n) is 0.939. The highest BCUT2D eigenvalue weighted by Crippen LogP contribution is 2.20. The largest absolute Gasteiger partial charge is 0.351 e. The molecule has 74 valence electrons. The van der Waals surface area contributed by atoms with Gasteiger partial charge in [-0.25, -0.2) is 4.98 Å². The lowest BCUT2D eigenvalue weighted by Gasteiger charge is -2.11. The first-order valence-corrected chi connectivity index (χ1v) is 5.46. The smallest absolute Gasteiger partial charge is 0.185 e. The van der Waals surface area contributed by atoms with Crippen LogP contribution in [0.1, 0.15) is 18.7 Å². The highest BCUT2D eigenvalue weighted by Gasteiger charge is 2.03. The number of anilines is 1. The lowest BCUT2D eigenvalue weighted by Crippen LogP contribution is -2.15. The molecule has 1 heterocycles. The summed E-state index contributed by atoms with van der Waals surface area (Å²) in [7, 11) is 2.07. The van der Waals surface area contributed by atoms with Gasteiger partial charge in [0.25, 0.3) is 0 Å². The predicted molar refractivity (Wildman–Crippen MR) is 58.4 cm³/mol. The maximum atomic E-state index is 4.34. The molecule has 0 atom stereocenters. The second-order valence-electron chi connectivity index (χ2n) is 2.90. The fraction of sp³-hybridized carbons (Fsp3) is 0.667. The third-order valence-corrected chi connectivity index (χ3v) is 3.00. The quantitative estimate of drug-likeness (QED) is 0.782. The van der Waals surface area contributed by atoms with E-state index in [-0.39, 0.29) is 0 Å². The average Bonchev–Trinajstić information content (AvgIpc) is 2.62. The van der Waals surface area contributed by atoms with E-state index >= 15 is 0 Å². The Balaban J connectivity index is 2.53. The Hall–Kier alpha value is -0.610. The van der Waals surface area contributed by atoms with Crippen LogP contribution < -0.4 is 10.2 Å². The Labute approximate surface area is 83.8 Å². The van der Waals surface area contributed by atoms with E-state index in [1.54, 1.807) is 11.3 Å². The fourth-order valence-corrected chi connectivity index (χ4v) is 1.84. The molecular weight excluding hydrogens is 182 g/mol. The van der Waals surface area contributed by atoms with E-state index in [2.05, 4.69) is 36.1 Å². The van der Waals surface area contributed by atoms with Crippen LogP contribution in [-0.4, -0.2) is 25.1 Å². The summed E-state index contributed by atoms with van der Waals surface area (Å²) in [6.45, 7) is 7.20. The number of rotatable bonds is 5. The molecule has 0 aliphatic heterocycles. The van der Waals surface area contributed by atoms with Crippen molar-refractivity contribution < 1.29 is 0 Å². The van der Waals surface area contributed by atoms with Gasteiger partial charge in [-0.15, -0.1) is 11.3 Å². The Morgan fingerprint density at radius 1 is 1.54 bits per heavy atom. The van der Waals surface area contributed by atoms with Gasteiger partial charge in [-0.2, -0.15) is 0 Å². The van der Waals surface area contributed by atoms with Crippen LogP contribution in [0.4, 0.5) is 5.13 Å². The third kappa shape index (κ3) is 2.97. The number of nitrogens with one attached hydrogen (secondary N) is 1. The summed E-state index contributed by atoms with van der Waals surface area (Å²) in [5.74, 6) is 0. The molecular formula is C9H17N3S. The van der Waals surface area contributed by atoms with Gasteiger partial charge in [0.05, 0.1) is 0 Å². The topological polar surface area (TPSA) is 28.2 Å². The van der Waals surface area contributed by atoms with Crippen molar-refractivity contribution in [3.63, 3.8) is 0 Å². The summed E-state index contributed by atoms with van der Waals surface area (Å²) in [5.41, 5.74) is 0. The SMILES string of the molecule is CCNCc1cnc(N(C)CC)s1. The van der Waals surface area contributed by atoms with Crippen LogP contribution >= 0.6 is 11.3 Å². The summed E-state index contributed by atoms with van der Waals surface area (Å²) in [4.78, 5) is 7.80. The first-order chi connectivity index (χ1) is 6.27. The first-order valence-electron chi connectivity index (χ1n) is 4.64. The lowest BCUT2D eigenvalue weighted by atomic mass is 10.5. The Morgan fingerprint density at radius 2 is 2.31 bits per heavy atom. The van der Waals surface area contributed by atoms with Crippen LogP contribution in [0.5, 0.6) is 0 Å². The normalized spacial score (nSPS) is 10.4. The summed E-state index contributed by atoms with van der Waals surface area (Å²) < 4.78 is 0. The monoisotopic (exact) mass is 199 g/mol. The minimum Gasteiger partial charge on any atom is -0.351 e. The van der Waals surface area contributed by atoms with Crippen molar-refractivity contribution in [2.24, 2.45) is 0 Å². The molecule has 1 aromatic heterocycles. The number of nitrogens with zero attached hydrogens (tertiary/aromatic N) is 2. The molecule has 1 N–H and O–H groups in total. The Bertz CT molecular complexity index is 247. The maximum Gasteiger partial charge on any atom is 0.185 e. The molecule has 0 radical (unpaired) electrons. The number of aromatic nitrogens is 1. The number of thiazole rings is 1. The highest BCUT2D eigenvalue weighted by atomic mass is 32.1. The lowest BCUT2D eigenvalue weighted by molar-refractivity contribution is 0.734. The molecule has 0 aliphatic rings. The summed E-state index contributed by atoms with van der Waals surface area (Å²) in [6.07, 6.45) is 1.95. The minimum atomic E-state index is 0.936. The van der Waals surface area contributed by atoms with E-state index in [0.29, 0.717) is 0 Å². The predicted octanol–water partition coefficient (Wildman–Crippen LogP) is 1.71. The van der Waals surface area contributed by atoms with Gasteiger partial charge in [0.1, 0.15) is 0 Å². The van der Waals surface area contributed by atoms with Crippen molar-refractivity contribution in [3.8, 4) is 0 Å². The molecule has 0 aliphatic carbocycles. The molecule has 4 heteroatoms. The molecule has 0 saturated carbocycles. The third-order valence-electron chi connectivity index (χ3n) is 1.89. The van der Waals surface area contributed by atoms with Gasteiger partial charge >= 0.3 is 0 Å². The standard InChI is InChI=1S/C9H17N3S/c1-4-10-6-8-7-11-9(13-8)12(3)5-2/h7,10H,4-6H2,1-3H3.